The summed E-state index contributed by atoms with van der Waals surface area (Å²) in [7, 11) is 0. The van der Waals surface area contributed by atoms with Gasteiger partial charge in [-0.25, -0.2) is 0 Å². The van der Waals surface area contributed by atoms with E-state index in [0.717, 1.165) is 67.7 Å². The van der Waals surface area contributed by atoms with Crippen LogP contribution in [0.15, 0.2) is 73.1 Å². The number of anilines is 1. The van der Waals surface area contributed by atoms with Crippen LogP contribution in [0, 0.1) is 0 Å². The van der Waals surface area contributed by atoms with E-state index in [1.54, 1.807) is 0 Å². The highest BCUT2D eigenvalue weighted by molar-refractivity contribution is 6.30. The molecule has 0 bridgehead atoms. The predicted octanol–water partition coefficient (Wildman–Crippen LogP) is 4.99. The fourth-order valence-electron chi connectivity index (χ4n) is 3.67. The molecule has 0 N–H and O–H groups in total. The SMILES string of the molecule is Clc1cccc(-c2ccc(OCCCN3CCN(c4ccncc4)CC3)cc2)c1. The molecule has 0 radical (unpaired) electrons. The third-order valence-electron chi connectivity index (χ3n) is 5.30. The molecule has 0 spiro atoms. The minimum atomic E-state index is 0.737. The van der Waals surface area contributed by atoms with Gasteiger partial charge in [0.15, 0.2) is 0 Å². The molecule has 29 heavy (non-hydrogen) atoms. The summed E-state index contributed by atoms with van der Waals surface area (Å²) in [5, 5.41) is 0.754. The lowest BCUT2D eigenvalue weighted by Gasteiger charge is -2.36. The average molecular weight is 408 g/mol. The summed E-state index contributed by atoms with van der Waals surface area (Å²) in [4.78, 5) is 9.04. The standard InChI is InChI=1S/C24H26ClN3O/c25-22-4-1-3-21(19-22)20-5-7-24(8-6-20)29-18-2-13-27-14-16-28(17-15-27)23-9-11-26-12-10-23/h1,3-12,19H,2,13-18H2. The normalized spacial score (nSPS) is 14.7. The maximum absolute atomic E-state index is 6.08. The monoisotopic (exact) mass is 407 g/mol. The fraction of sp³-hybridized carbons (Fsp3) is 0.292. The zero-order valence-electron chi connectivity index (χ0n) is 16.5. The molecule has 1 aliphatic rings. The first-order valence-corrected chi connectivity index (χ1v) is 10.5. The van der Waals surface area contributed by atoms with E-state index in [1.807, 2.05) is 42.7 Å². The Kier molecular flexibility index (Phi) is 6.65. The quantitative estimate of drug-likeness (QED) is 0.516. The number of aromatic nitrogens is 1. The van der Waals surface area contributed by atoms with Crippen LogP contribution in [0.2, 0.25) is 5.02 Å². The maximum atomic E-state index is 6.08. The third-order valence-corrected chi connectivity index (χ3v) is 5.53. The molecule has 1 aliphatic heterocycles. The molecule has 0 saturated carbocycles. The lowest BCUT2D eigenvalue weighted by Crippen LogP contribution is -2.46. The molecule has 0 atom stereocenters. The van der Waals surface area contributed by atoms with Crippen molar-refractivity contribution in [3.8, 4) is 16.9 Å². The van der Waals surface area contributed by atoms with Crippen LogP contribution in [0.4, 0.5) is 5.69 Å². The van der Waals surface area contributed by atoms with Crippen LogP contribution in [-0.2, 0) is 0 Å². The minimum absolute atomic E-state index is 0.737. The van der Waals surface area contributed by atoms with Gasteiger partial charge in [0.1, 0.15) is 5.75 Å². The van der Waals surface area contributed by atoms with Gasteiger partial charge >= 0.3 is 0 Å². The Balaban J connectivity index is 1.17. The van der Waals surface area contributed by atoms with Crippen LogP contribution in [-0.4, -0.2) is 49.2 Å². The van der Waals surface area contributed by atoms with E-state index >= 15 is 0 Å². The van der Waals surface area contributed by atoms with E-state index in [9.17, 15) is 0 Å². The number of ether oxygens (including phenoxy) is 1. The summed E-state index contributed by atoms with van der Waals surface area (Å²) in [5.74, 6) is 0.915. The van der Waals surface area contributed by atoms with E-state index in [1.165, 1.54) is 5.69 Å². The highest BCUT2D eigenvalue weighted by Crippen LogP contribution is 2.25. The molecule has 0 aliphatic carbocycles. The number of pyridine rings is 1. The smallest absolute Gasteiger partial charge is 0.119 e. The average Bonchev–Trinajstić information content (AvgIpc) is 2.78. The highest BCUT2D eigenvalue weighted by Gasteiger charge is 2.16. The number of halogens is 1. The second-order valence-electron chi connectivity index (χ2n) is 7.27. The summed E-state index contributed by atoms with van der Waals surface area (Å²) in [6.07, 6.45) is 4.76. The van der Waals surface area contributed by atoms with Crippen molar-refractivity contribution in [2.45, 2.75) is 6.42 Å². The van der Waals surface area contributed by atoms with Crippen molar-refractivity contribution in [1.29, 1.82) is 0 Å². The van der Waals surface area contributed by atoms with Gasteiger partial charge in [0.25, 0.3) is 0 Å². The van der Waals surface area contributed by atoms with Crippen molar-refractivity contribution in [3.63, 3.8) is 0 Å². The van der Waals surface area contributed by atoms with Gasteiger partial charge in [-0.05, 0) is 53.9 Å². The van der Waals surface area contributed by atoms with E-state index in [2.05, 4.69) is 45.1 Å². The van der Waals surface area contributed by atoms with Gasteiger partial charge in [-0.3, -0.25) is 9.88 Å². The lowest BCUT2D eigenvalue weighted by atomic mass is 10.1. The van der Waals surface area contributed by atoms with E-state index in [4.69, 9.17) is 16.3 Å². The fourth-order valence-corrected chi connectivity index (χ4v) is 3.86. The van der Waals surface area contributed by atoms with Crippen molar-refractivity contribution >= 4 is 17.3 Å². The molecule has 4 rings (SSSR count). The molecular formula is C24H26ClN3O. The second kappa shape index (κ2) is 9.77. The summed E-state index contributed by atoms with van der Waals surface area (Å²) in [6, 6.07) is 20.3. The topological polar surface area (TPSA) is 28.6 Å². The molecule has 3 aromatic rings. The first-order valence-electron chi connectivity index (χ1n) is 10.1. The molecule has 0 unspecified atom stereocenters. The van der Waals surface area contributed by atoms with Crippen LogP contribution < -0.4 is 9.64 Å². The number of rotatable bonds is 7. The Morgan fingerprint density at radius 1 is 0.862 bits per heavy atom. The number of piperazine rings is 1. The molecule has 2 aromatic carbocycles. The number of hydrogen-bond donors (Lipinski definition) is 0. The summed E-state index contributed by atoms with van der Waals surface area (Å²) >= 11 is 6.08. The molecule has 1 fully saturated rings. The zero-order chi connectivity index (χ0) is 19.9. The van der Waals surface area contributed by atoms with E-state index in [-0.39, 0.29) is 0 Å². The molecular weight excluding hydrogens is 382 g/mol. The van der Waals surface area contributed by atoms with Crippen molar-refractivity contribution in [2.75, 3.05) is 44.2 Å². The van der Waals surface area contributed by atoms with Gasteiger partial charge in [0, 0.05) is 55.8 Å². The Morgan fingerprint density at radius 3 is 2.34 bits per heavy atom. The molecule has 5 heteroatoms. The van der Waals surface area contributed by atoms with Crippen LogP contribution in [0.25, 0.3) is 11.1 Å². The van der Waals surface area contributed by atoms with Crippen molar-refractivity contribution in [1.82, 2.24) is 9.88 Å². The maximum Gasteiger partial charge on any atom is 0.119 e. The number of nitrogens with zero attached hydrogens (tertiary/aromatic N) is 3. The van der Waals surface area contributed by atoms with Gasteiger partial charge in [0.05, 0.1) is 6.61 Å². The summed E-state index contributed by atoms with van der Waals surface area (Å²) < 4.78 is 5.93. The molecule has 150 valence electrons. The Hall–Kier alpha value is -2.56. The second-order valence-corrected chi connectivity index (χ2v) is 7.71. The van der Waals surface area contributed by atoms with Gasteiger partial charge in [-0.2, -0.15) is 0 Å². The van der Waals surface area contributed by atoms with Crippen LogP contribution in [0.3, 0.4) is 0 Å². The lowest BCUT2D eigenvalue weighted by molar-refractivity contribution is 0.225. The predicted molar refractivity (Wildman–Crippen MR) is 120 cm³/mol. The van der Waals surface area contributed by atoms with Crippen molar-refractivity contribution in [3.05, 3.63) is 78.1 Å². The van der Waals surface area contributed by atoms with Gasteiger partial charge in [-0.1, -0.05) is 35.9 Å². The molecule has 0 amide bonds. The molecule has 1 saturated heterocycles. The summed E-state index contributed by atoms with van der Waals surface area (Å²) in [6.45, 7) is 6.13. The zero-order valence-corrected chi connectivity index (χ0v) is 17.3. The van der Waals surface area contributed by atoms with Crippen LogP contribution in [0.5, 0.6) is 5.75 Å². The molecule has 2 heterocycles. The van der Waals surface area contributed by atoms with Gasteiger partial charge in [-0.15, -0.1) is 0 Å². The van der Waals surface area contributed by atoms with Crippen LogP contribution in [0.1, 0.15) is 6.42 Å². The van der Waals surface area contributed by atoms with Gasteiger partial charge < -0.3 is 9.64 Å². The number of benzene rings is 2. The molecule has 1 aromatic heterocycles. The van der Waals surface area contributed by atoms with Gasteiger partial charge in [0.2, 0.25) is 0 Å². The van der Waals surface area contributed by atoms with Crippen molar-refractivity contribution in [2.24, 2.45) is 0 Å². The summed E-state index contributed by atoms with van der Waals surface area (Å²) in [5.41, 5.74) is 3.53. The van der Waals surface area contributed by atoms with E-state index in [0.29, 0.717) is 0 Å². The number of hydrogen-bond acceptors (Lipinski definition) is 4. The van der Waals surface area contributed by atoms with Crippen molar-refractivity contribution < 1.29 is 4.74 Å². The highest BCUT2D eigenvalue weighted by atomic mass is 35.5. The first kappa shape index (κ1) is 19.7. The largest absolute Gasteiger partial charge is 0.494 e. The Labute approximate surface area is 177 Å². The third kappa shape index (κ3) is 5.49. The minimum Gasteiger partial charge on any atom is -0.494 e. The molecule has 4 nitrogen and oxygen atoms in total. The van der Waals surface area contributed by atoms with E-state index < -0.39 is 0 Å². The van der Waals surface area contributed by atoms with Crippen LogP contribution >= 0.6 is 11.6 Å². The Morgan fingerprint density at radius 2 is 1.62 bits per heavy atom. The Bertz CT molecular complexity index is 894. The first-order chi connectivity index (χ1) is 14.3.